The van der Waals surface area contributed by atoms with Gasteiger partial charge in [-0.05, 0) is 45.0 Å². The van der Waals surface area contributed by atoms with Gasteiger partial charge in [-0.1, -0.05) is 18.2 Å². The number of nitrogens with zero attached hydrogens (tertiary/aromatic N) is 1. The summed E-state index contributed by atoms with van der Waals surface area (Å²) >= 11 is 0. The van der Waals surface area contributed by atoms with Crippen LogP contribution in [0.4, 0.5) is 0 Å². The summed E-state index contributed by atoms with van der Waals surface area (Å²) in [4.78, 5) is 14.4. The second-order valence-electron chi connectivity index (χ2n) is 5.84. The van der Waals surface area contributed by atoms with Crippen molar-refractivity contribution in [3.05, 3.63) is 36.1 Å². The Morgan fingerprint density at radius 2 is 2.05 bits per heavy atom. The number of carbonyl (C=O) groups excluding carboxylic acids is 1. The predicted molar refractivity (Wildman–Crippen MR) is 83.0 cm³/mol. The van der Waals surface area contributed by atoms with Crippen molar-refractivity contribution in [3.8, 4) is 0 Å². The number of carbonyl (C=O) groups is 1. The van der Waals surface area contributed by atoms with Crippen molar-refractivity contribution >= 4 is 16.9 Å². The van der Waals surface area contributed by atoms with Crippen molar-refractivity contribution < 1.29 is 9.21 Å². The van der Waals surface area contributed by atoms with E-state index < -0.39 is 0 Å². The zero-order valence-electron chi connectivity index (χ0n) is 12.6. The molecule has 1 atom stereocenters. The number of hydrogen-bond donors (Lipinski definition) is 1. The van der Waals surface area contributed by atoms with Gasteiger partial charge >= 0.3 is 0 Å². The van der Waals surface area contributed by atoms with Crippen LogP contribution in [0.5, 0.6) is 0 Å². The van der Waals surface area contributed by atoms with Gasteiger partial charge in [0.1, 0.15) is 11.3 Å². The lowest BCUT2D eigenvalue weighted by molar-refractivity contribution is -0.137. The van der Waals surface area contributed by atoms with E-state index in [-0.39, 0.29) is 17.9 Å². The van der Waals surface area contributed by atoms with Gasteiger partial charge in [-0.25, -0.2) is 0 Å². The molecule has 0 spiro atoms. The Morgan fingerprint density at radius 3 is 2.76 bits per heavy atom. The molecule has 1 N–H and O–H groups in total. The van der Waals surface area contributed by atoms with Crippen LogP contribution in [0, 0.1) is 5.92 Å². The summed E-state index contributed by atoms with van der Waals surface area (Å²) in [5.74, 6) is 1.22. The number of furan rings is 1. The second-order valence-corrected chi connectivity index (χ2v) is 5.84. The van der Waals surface area contributed by atoms with Gasteiger partial charge in [-0.15, -0.1) is 0 Å². The number of nitrogens with one attached hydrogen (secondary N) is 1. The lowest BCUT2D eigenvalue weighted by Crippen LogP contribution is -2.40. The first-order valence-electron chi connectivity index (χ1n) is 7.62. The lowest BCUT2D eigenvalue weighted by Gasteiger charge is -2.30. The highest BCUT2D eigenvalue weighted by Crippen LogP contribution is 2.28. The summed E-state index contributed by atoms with van der Waals surface area (Å²) in [5.41, 5.74) is 0.877. The molecule has 1 aromatic heterocycles. The second kappa shape index (κ2) is 5.90. The maximum absolute atomic E-state index is 12.6. The average Bonchev–Trinajstić information content (AvgIpc) is 2.97. The van der Waals surface area contributed by atoms with Gasteiger partial charge in [-0.3, -0.25) is 4.79 Å². The first-order valence-corrected chi connectivity index (χ1v) is 7.62. The Bertz CT molecular complexity index is 596. The van der Waals surface area contributed by atoms with Crippen LogP contribution in [0.1, 0.15) is 31.6 Å². The first-order chi connectivity index (χ1) is 10.2. The fourth-order valence-electron chi connectivity index (χ4n) is 2.95. The summed E-state index contributed by atoms with van der Waals surface area (Å²) in [6.07, 6.45) is 1.85. The number of fused-ring (bicyclic) bond motifs is 1. The minimum atomic E-state index is -0.0419. The molecule has 4 nitrogen and oxygen atoms in total. The number of amides is 1. The zero-order chi connectivity index (χ0) is 14.8. The van der Waals surface area contributed by atoms with Gasteiger partial charge in [0.2, 0.25) is 5.91 Å². The molecular formula is C17H22N2O2. The van der Waals surface area contributed by atoms with Gasteiger partial charge in [0.15, 0.2) is 0 Å². The largest absolute Gasteiger partial charge is 0.459 e. The number of para-hydroxylation sites is 1. The number of benzene rings is 1. The van der Waals surface area contributed by atoms with Gasteiger partial charge < -0.3 is 14.6 Å². The molecule has 1 aliphatic heterocycles. The molecule has 0 aliphatic carbocycles. The summed E-state index contributed by atoms with van der Waals surface area (Å²) in [6, 6.07) is 9.94. The van der Waals surface area contributed by atoms with Crippen molar-refractivity contribution in [1.82, 2.24) is 10.2 Å². The lowest BCUT2D eigenvalue weighted by atomic mass is 9.96. The zero-order valence-corrected chi connectivity index (χ0v) is 12.6. The van der Waals surface area contributed by atoms with Crippen LogP contribution < -0.4 is 5.32 Å². The third-order valence-electron chi connectivity index (χ3n) is 4.47. The van der Waals surface area contributed by atoms with Crippen LogP contribution in [0.15, 0.2) is 34.7 Å². The van der Waals surface area contributed by atoms with Gasteiger partial charge in [-0.2, -0.15) is 0 Å². The summed E-state index contributed by atoms with van der Waals surface area (Å²) in [5, 5.41) is 4.38. The Balaban J connectivity index is 1.76. The van der Waals surface area contributed by atoms with E-state index >= 15 is 0 Å². The smallest absolute Gasteiger partial charge is 0.226 e. The molecule has 0 bridgehead atoms. The molecule has 112 valence electrons. The van der Waals surface area contributed by atoms with E-state index in [0.29, 0.717) is 0 Å². The van der Waals surface area contributed by atoms with Crippen LogP contribution in [-0.2, 0) is 4.79 Å². The van der Waals surface area contributed by atoms with Crippen molar-refractivity contribution in [1.29, 1.82) is 0 Å². The van der Waals surface area contributed by atoms with Crippen molar-refractivity contribution in [2.45, 2.75) is 25.8 Å². The van der Waals surface area contributed by atoms with E-state index in [4.69, 9.17) is 4.42 Å². The van der Waals surface area contributed by atoms with Crippen LogP contribution in [-0.4, -0.2) is 30.9 Å². The van der Waals surface area contributed by atoms with E-state index in [0.717, 1.165) is 42.7 Å². The minimum absolute atomic E-state index is 0.0419. The van der Waals surface area contributed by atoms with Crippen LogP contribution in [0.2, 0.25) is 0 Å². The fourth-order valence-corrected chi connectivity index (χ4v) is 2.95. The molecule has 1 fully saturated rings. The van der Waals surface area contributed by atoms with E-state index in [1.807, 2.05) is 49.2 Å². The molecule has 1 aliphatic rings. The molecule has 1 unspecified atom stereocenters. The molecular weight excluding hydrogens is 264 g/mol. The van der Waals surface area contributed by atoms with Crippen LogP contribution >= 0.6 is 0 Å². The Labute approximate surface area is 125 Å². The highest BCUT2D eigenvalue weighted by Gasteiger charge is 2.28. The van der Waals surface area contributed by atoms with Crippen molar-refractivity contribution in [2.75, 3.05) is 20.1 Å². The molecule has 2 heterocycles. The monoisotopic (exact) mass is 286 g/mol. The maximum Gasteiger partial charge on any atom is 0.226 e. The van der Waals surface area contributed by atoms with E-state index in [1.54, 1.807) is 0 Å². The molecule has 0 saturated carbocycles. The highest BCUT2D eigenvalue weighted by molar-refractivity contribution is 5.80. The molecule has 2 aromatic rings. The molecule has 4 heteroatoms. The average molecular weight is 286 g/mol. The summed E-state index contributed by atoms with van der Waals surface area (Å²) in [7, 11) is 1.88. The van der Waals surface area contributed by atoms with E-state index in [2.05, 4.69) is 5.32 Å². The van der Waals surface area contributed by atoms with E-state index in [1.165, 1.54) is 0 Å². The first kappa shape index (κ1) is 14.1. The molecule has 1 amide bonds. The molecule has 21 heavy (non-hydrogen) atoms. The SMILES string of the molecule is CC(c1cc2ccccc2o1)N(C)C(=O)C1CCNCC1. The number of piperidine rings is 1. The van der Waals surface area contributed by atoms with Gasteiger partial charge in [0.05, 0.1) is 6.04 Å². The quantitative estimate of drug-likeness (QED) is 0.943. The highest BCUT2D eigenvalue weighted by atomic mass is 16.3. The molecule has 3 rings (SSSR count). The van der Waals surface area contributed by atoms with Crippen molar-refractivity contribution in [3.63, 3.8) is 0 Å². The predicted octanol–water partition coefficient (Wildman–Crippen LogP) is 2.95. The van der Waals surface area contributed by atoms with Gasteiger partial charge in [0, 0.05) is 18.4 Å². The molecule has 0 radical (unpaired) electrons. The minimum Gasteiger partial charge on any atom is -0.459 e. The standard InChI is InChI=1S/C17H22N2O2/c1-12(16-11-14-5-3-4-6-15(14)21-16)19(2)17(20)13-7-9-18-10-8-13/h3-6,11-13,18H,7-10H2,1-2H3. The number of hydrogen-bond acceptors (Lipinski definition) is 3. The Kier molecular flexibility index (Phi) is 3.97. The number of rotatable bonds is 3. The fraction of sp³-hybridized carbons (Fsp3) is 0.471. The maximum atomic E-state index is 12.6. The topological polar surface area (TPSA) is 45.5 Å². The van der Waals surface area contributed by atoms with E-state index in [9.17, 15) is 4.79 Å². The normalized spacial score (nSPS) is 17.8. The summed E-state index contributed by atoms with van der Waals surface area (Å²) in [6.45, 7) is 3.89. The summed E-state index contributed by atoms with van der Waals surface area (Å²) < 4.78 is 5.88. The Morgan fingerprint density at radius 1 is 1.33 bits per heavy atom. The van der Waals surface area contributed by atoms with Crippen LogP contribution in [0.25, 0.3) is 11.0 Å². The third-order valence-corrected chi connectivity index (χ3v) is 4.47. The third kappa shape index (κ3) is 2.81. The van der Waals surface area contributed by atoms with Crippen molar-refractivity contribution in [2.24, 2.45) is 5.92 Å². The van der Waals surface area contributed by atoms with Gasteiger partial charge in [0.25, 0.3) is 0 Å². The Hall–Kier alpha value is -1.81. The molecule has 1 aromatic carbocycles. The van der Waals surface area contributed by atoms with Crippen LogP contribution in [0.3, 0.4) is 0 Å². The molecule has 1 saturated heterocycles.